The summed E-state index contributed by atoms with van der Waals surface area (Å²) in [5, 5.41) is 0. The minimum Gasteiger partial charge on any atom is -0.103 e. The van der Waals surface area contributed by atoms with Gasteiger partial charge in [-0.15, -0.1) is 5.92 Å². The molecule has 1 atom stereocenters. The van der Waals surface area contributed by atoms with Crippen molar-refractivity contribution >= 4 is 0 Å². The molecule has 0 saturated heterocycles. The summed E-state index contributed by atoms with van der Waals surface area (Å²) in [4.78, 5) is 0. The van der Waals surface area contributed by atoms with E-state index in [-0.39, 0.29) is 0 Å². The molecule has 9 heavy (non-hydrogen) atoms. The van der Waals surface area contributed by atoms with E-state index >= 15 is 0 Å². The number of rotatable bonds is 3. The highest BCUT2D eigenvalue weighted by atomic mass is 14.1. The normalized spacial score (nSPS) is 23.4. The van der Waals surface area contributed by atoms with Crippen LogP contribution in [-0.4, -0.2) is 0 Å². The van der Waals surface area contributed by atoms with Crippen molar-refractivity contribution in [2.24, 2.45) is 5.92 Å². The number of hydrogen-bond donors (Lipinski definition) is 0. The second-order valence-electron chi connectivity index (χ2n) is 2.70. The fraction of sp³-hybridized carbons (Fsp3) is 0.778. The molecule has 50 valence electrons. The molecule has 0 aromatic carbocycles. The van der Waals surface area contributed by atoms with Gasteiger partial charge < -0.3 is 0 Å². The van der Waals surface area contributed by atoms with Crippen molar-refractivity contribution in [1.82, 2.24) is 0 Å². The van der Waals surface area contributed by atoms with E-state index in [4.69, 9.17) is 0 Å². The molecule has 0 bridgehead atoms. The van der Waals surface area contributed by atoms with E-state index in [1.807, 2.05) is 0 Å². The molecule has 0 N–H and O–H groups in total. The molecule has 1 rings (SSSR count). The van der Waals surface area contributed by atoms with Crippen LogP contribution in [-0.2, 0) is 0 Å². The molecule has 0 heterocycles. The Kier molecular flexibility index (Phi) is 2.64. The minimum absolute atomic E-state index is 0.755. The Morgan fingerprint density at radius 2 is 2.44 bits per heavy atom. The summed E-state index contributed by atoms with van der Waals surface area (Å²) in [6, 6.07) is 0. The summed E-state index contributed by atoms with van der Waals surface area (Å²) in [5.41, 5.74) is 0. The second kappa shape index (κ2) is 3.56. The highest BCUT2D eigenvalue weighted by Crippen LogP contribution is 2.17. The third kappa shape index (κ3) is 2.10. The molecule has 0 aliphatic heterocycles. The van der Waals surface area contributed by atoms with Crippen LogP contribution in [0.3, 0.4) is 0 Å². The first-order chi connectivity index (χ1) is 4.43. The minimum atomic E-state index is 0.755. The molecule has 1 unspecified atom stereocenters. The molecule has 0 radical (unpaired) electrons. The van der Waals surface area contributed by atoms with Crippen LogP contribution in [0.4, 0.5) is 0 Å². The molecular formula is C9H14. The van der Waals surface area contributed by atoms with Crippen LogP contribution >= 0.6 is 0 Å². The van der Waals surface area contributed by atoms with Crippen LogP contribution in [0.25, 0.3) is 0 Å². The van der Waals surface area contributed by atoms with Gasteiger partial charge in [0.2, 0.25) is 0 Å². The topological polar surface area (TPSA) is 0 Å². The average molecular weight is 122 g/mol. The summed E-state index contributed by atoms with van der Waals surface area (Å²) >= 11 is 0. The van der Waals surface area contributed by atoms with Crippen molar-refractivity contribution in [2.75, 3.05) is 0 Å². The molecule has 0 fully saturated rings. The van der Waals surface area contributed by atoms with Gasteiger partial charge in [-0.3, -0.25) is 0 Å². The van der Waals surface area contributed by atoms with Gasteiger partial charge in [0.1, 0.15) is 0 Å². The second-order valence-corrected chi connectivity index (χ2v) is 2.70. The maximum Gasteiger partial charge on any atom is 0.0211 e. The number of unbranched alkanes of at least 4 members (excludes halogenated alkanes) is 1. The third-order valence-corrected chi connectivity index (χ3v) is 1.83. The van der Waals surface area contributed by atoms with Gasteiger partial charge in [-0.05, 0) is 12.8 Å². The first kappa shape index (κ1) is 6.68. The van der Waals surface area contributed by atoms with Crippen LogP contribution in [0.5, 0.6) is 0 Å². The Balaban J connectivity index is 2.08. The molecule has 0 nitrogen and oxygen atoms in total. The summed E-state index contributed by atoms with van der Waals surface area (Å²) in [6.45, 7) is 2.24. The van der Waals surface area contributed by atoms with E-state index in [2.05, 4.69) is 18.8 Å². The van der Waals surface area contributed by atoms with Gasteiger partial charge in [0, 0.05) is 12.3 Å². The molecule has 0 aromatic heterocycles. The summed E-state index contributed by atoms with van der Waals surface area (Å²) in [7, 11) is 0. The van der Waals surface area contributed by atoms with E-state index in [9.17, 15) is 0 Å². The van der Waals surface area contributed by atoms with Crippen LogP contribution in [0, 0.1) is 17.8 Å². The fourth-order valence-electron chi connectivity index (χ4n) is 1.20. The van der Waals surface area contributed by atoms with Crippen LogP contribution in [0.15, 0.2) is 0 Å². The van der Waals surface area contributed by atoms with Crippen molar-refractivity contribution in [3.8, 4) is 11.8 Å². The van der Waals surface area contributed by atoms with Gasteiger partial charge in [0.05, 0.1) is 0 Å². The number of hydrogen-bond acceptors (Lipinski definition) is 0. The summed E-state index contributed by atoms with van der Waals surface area (Å²) < 4.78 is 0. The first-order valence-corrected chi connectivity index (χ1v) is 3.92. The molecule has 1 aliphatic carbocycles. The molecule has 0 saturated carbocycles. The monoisotopic (exact) mass is 122 g/mol. The van der Waals surface area contributed by atoms with Crippen molar-refractivity contribution in [3.63, 3.8) is 0 Å². The van der Waals surface area contributed by atoms with Gasteiger partial charge >= 0.3 is 0 Å². The van der Waals surface area contributed by atoms with Crippen LogP contribution < -0.4 is 0 Å². The molecule has 0 amide bonds. The van der Waals surface area contributed by atoms with Crippen LogP contribution in [0.1, 0.15) is 39.0 Å². The highest BCUT2D eigenvalue weighted by molar-refractivity contribution is 5.10. The van der Waals surface area contributed by atoms with Gasteiger partial charge in [-0.1, -0.05) is 25.7 Å². The lowest BCUT2D eigenvalue weighted by molar-refractivity contribution is 0.555. The summed E-state index contributed by atoms with van der Waals surface area (Å²) in [6.07, 6.45) is 6.47. The lowest BCUT2D eigenvalue weighted by atomic mass is 10.0. The molecular weight excluding hydrogens is 108 g/mol. The lowest BCUT2D eigenvalue weighted by Gasteiger charge is -2.01. The van der Waals surface area contributed by atoms with Crippen molar-refractivity contribution in [1.29, 1.82) is 0 Å². The Labute approximate surface area is 57.7 Å². The van der Waals surface area contributed by atoms with E-state index in [0.29, 0.717) is 0 Å². The standard InChI is InChI=1S/C9H14/c1-2-3-6-9-7-4-5-8-9/h9H,2-4,6-7H2,1H3. The van der Waals surface area contributed by atoms with E-state index in [1.54, 1.807) is 0 Å². The molecule has 0 heteroatoms. The zero-order valence-corrected chi connectivity index (χ0v) is 6.11. The van der Waals surface area contributed by atoms with E-state index in [1.165, 1.54) is 25.7 Å². The van der Waals surface area contributed by atoms with Crippen LogP contribution in [0.2, 0.25) is 0 Å². The van der Waals surface area contributed by atoms with Crippen molar-refractivity contribution < 1.29 is 0 Å². The molecule has 1 aliphatic rings. The predicted octanol–water partition coefficient (Wildman–Crippen LogP) is 2.59. The maximum atomic E-state index is 3.24. The fourth-order valence-corrected chi connectivity index (χ4v) is 1.20. The van der Waals surface area contributed by atoms with Gasteiger partial charge in [0.15, 0.2) is 0 Å². The smallest absolute Gasteiger partial charge is 0.0211 e. The van der Waals surface area contributed by atoms with Gasteiger partial charge in [0.25, 0.3) is 0 Å². The summed E-state index contributed by atoms with van der Waals surface area (Å²) in [5.74, 6) is 7.13. The maximum absolute atomic E-state index is 3.24. The Hall–Kier alpha value is -0.440. The zero-order valence-electron chi connectivity index (χ0n) is 6.11. The first-order valence-electron chi connectivity index (χ1n) is 3.92. The zero-order chi connectivity index (χ0) is 6.53. The third-order valence-electron chi connectivity index (χ3n) is 1.83. The van der Waals surface area contributed by atoms with Crippen molar-refractivity contribution in [3.05, 3.63) is 0 Å². The van der Waals surface area contributed by atoms with E-state index < -0.39 is 0 Å². The largest absolute Gasteiger partial charge is 0.103 e. The Bertz CT molecular complexity index is 125. The average Bonchev–Trinajstić information content (AvgIpc) is 2.34. The Morgan fingerprint density at radius 3 is 3.00 bits per heavy atom. The van der Waals surface area contributed by atoms with Gasteiger partial charge in [-0.2, -0.15) is 0 Å². The molecule has 0 spiro atoms. The quantitative estimate of drug-likeness (QED) is 0.505. The highest BCUT2D eigenvalue weighted by Gasteiger charge is 2.06. The van der Waals surface area contributed by atoms with E-state index in [0.717, 1.165) is 12.3 Å². The lowest BCUT2D eigenvalue weighted by Crippen LogP contribution is -1.91. The van der Waals surface area contributed by atoms with Gasteiger partial charge in [-0.25, -0.2) is 0 Å². The molecule has 0 aromatic rings. The SMILES string of the molecule is CCCCC1C#CCC1. The Morgan fingerprint density at radius 1 is 1.56 bits per heavy atom. The predicted molar refractivity (Wildman–Crippen MR) is 40.0 cm³/mol. The van der Waals surface area contributed by atoms with Crippen molar-refractivity contribution in [2.45, 2.75) is 39.0 Å².